The van der Waals surface area contributed by atoms with Gasteiger partial charge in [-0.3, -0.25) is 9.59 Å². The van der Waals surface area contributed by atoms with E-state index < -0.39 is 6.04 Å². The normalized spacial score (nSPS) is 11.8. The maximum atomic E-state index is 13.2. The molecule has 0 heterocycles. The number of carbonyl (C=O) groups is 2. The van der Waals surface area contributed by atoms with Gasteiger partial charge in [0.1, 0.15) is 11.8 Å². The number of rotatable bonds is 10. The van der Waals surface area contributed by atoms with Gasteiger partial charge in [-0.15, -0.1) is 0 Å². The molecule has 0 aliphatic rings. The molecule has 2 amide bonds. The highest BCUT2D eigenvalue weighted by Crippen LogP contribution is 2.26. The number of ether oxygens (including phenoxy) is 1. The lowest BCUT2D eigenvalue weighted by Gasteiger charge is -2.31. The fraction of sp³-hybridized carbons (Fsp3) is 0.440. The fourth-order valence-electron chi connectivity index (χ4n) is 3.29. The first-order valence-corrected chi connectivity index (χ1v) is 11.6. The summed E-state index contributed by atoms with van der Waals surface area (Å²) in [7, 11) is 0. The lowest BCUT2D eigenvalue weighted by Crippen LogP contribution is -2.51. The molecule has 0 saturated carbocycles. The first-order valence-electron chi connectivity index (χ1n) is 10.8. The van der Waals surface area contributed by atoms with Crippen LogP contribution in [0.15, 0.2) is 46.9 Å². The van der Waals surface area contributed by atoms with Gasteiger partial charge in [0.15, 0.2) is 6.61 Å². The molecule has 1 N–H and O–H groups in total. The van der Waals surface area contributed by atoms with Crippen LogP contribution in [-0.4, -0.2) is 35.4 Å². The number of nitrogens with zero attached hydrogens (tertiary/aromatic N) is 1. The molecule has 2 aromatic rings. The zero-order valence-electron chi connectivity index (χ0n) is 19.1. The summed E-state index contributed by atoms with van der Waals surface area (Å²) in [4.78, 5) is 27.7. The summed E-state index contributed by atoms with van der Waals surface area (Å²) in [6.07, 6.45) is 1.44. The molecule has 2 aromatic carbocycles. The van der Waals surface area contributed by atoms with Gasteiger partial charge in [-0.1, -0.05) is 49.7 Å². The Morgan fingerprint density at radius 2 is 1.71 bits per heavy atom. The Morgan fingerprint density at radius 1 is 1.06 bits per heavy atom. The van der Waals surface area contributed by atoms with Crippen molar-refractivity contribution in [2.75, 3.05) is 6.61 Å². The molecule has 0 aliphatic carbocycles. The van der Waals surface area contributed by atoms with E-state index in [4.69, 9.17) is 4.74 Å². The third-order valence-electron chi connectivity index (χ3n) is 5.05. The van der Waals surface area contributed by atoms with Crippen molar-refractivity contribution >= 4 is 27.7 Å². The van der Waals surface area contributed by atoms with Crippen LogP contribution in [0.2, 0.25) is 0 Å². The third-order valence-corrected chi connectivity index (χ3v) is 5.67. The molecular weight excluding hydrogens is 456 g/mol. The van der Waals surface area contributed by atoms with E-state index in [-0.39, 0.29) is 24.5 Å². The lowest BCUT2D eigenvalue weighted by molar-refractivity contribution is -0.143. The molecule has 0 saturated heterocycles. The smallest absolute Gasteiger partial charge is 0.261 e. The van der Waals surface area contributed by atoms with Crippen molar-refractivity contribution in [1.82, 2.24) is 10.2 Å². The first kappa shape index (κ1) is 24.9. The lowest BCUT2D eigenvalue weighted by atomic mass is 10.1. The van der Waals surface area contributed by atoms with E-state index in [2.05, 4.69) is 28.2 Å². The third kappa shape index (κ3) is 7.39. The number of hydrogen-bond acceptors (Lipinski definition) is 3. The predicted molar refractivity (Wildman–Crippen MR) is 128 cm³/mol. The minimum Gasteiger partial charge on any atom is -0.483 e. The number of nitrogens with one attached hydrogen (secondary N) is 1. The highest BCUT2D eigenvalue weighted by molar-refractivity contribution is 9.10. The molecule has 0 aliphatic heterocycles. The summed E-state index contributed by atoms with van der Waals surface area (Å²) < 4.78 is 6.64. The van der Waals surface area contributed by atoms with Gasteiger partial charge in [0.05, 0.1) is 4.47 Å². The molecule has 0 radical (unpaired) electrons. The average Bonchev–Trinajstić information content (AvgIpc) is 2.73. The van der Waals surface area contributed by atoms with E-state index in [9.17, 15) is 9.59 Å². The van der Waals surface area contributed by atoms with Crippen molar-refractivity contribution in [3.63, 3.8) is 0 Å². The summed E-state index contributed by atoms with van der Waals surface area (Å²) in [6, 6.07) is 13.3. The van der Waals surface area contributed by atoms with Crippen LogP contribution in [0.1, 0.15) is 50.8 Å². The van der Waals surface area contributed by atoms with Crippen molar-refractivity contribution in [2.24, 2.45) is 0 Å². The standard InChI is InChI=1S/C25H33BrN2O3/c1-6-19-12-13-23(21(26)14-19)31-16-24(29)28(15-20-10-8-18(5)9-11-20)22(7-2)25(30)27-17(3)4/h8-14,17,22H,6-7,15-16H2,1-5H3,(H,27,30)/t22-/m0/s1. The molecule has 168 valence electrons. The van der Waals surface area contributed by atoms with Gasteiger partial charge in [0.2, 0.25) is 5.91 Å². The Bertz CT molecular complexity index is 881. The SMILES string of the molecule is CCc1ccc(OCC(=O)N(Cc2ccc(C)cc2)[C@@H](CC)C(=O)NC(C)C)c(Br)c1. The highest BCUT2D eigenvalue weighted by Gasteiger charge is 2.29. The van der Waals surface area contributed by atoms with E-state index in [1.165, 1.54) is 5.56 Å². The van der Waals surface area contributed by atoms with E-state index in [1.54, 1.807) is 4.90 Å². The number of halogens is 1. The molecule has 0 fully saturated rings. The number of carbonyl (C=O) groups excluding carboxylic acids is 2. The van der Waals surface area contributed by atoms with E-state index >= 15 is 0 Å². The second-order valence-electron chi connectivity index (χ2n) is 8.00. The van der Waals surface area contributed by atoms with Crippen molar-refractivity contribution in [2.45, 2.75) is 66.1 Å². The Balaban J connectivity index is 2.21. The van der Waals surface area contributed by atoms with Gasteiger partial charge >= 0.3 is 0 Å². The van der Waals surface area contributed by atoms with Gasteiger partial charge in [-0.25, -0.2) is 0 Å². The quantitative estimate of drug-likeness (QED) is 0.509. The van der Waals surface area contributed by atoms with Crippen LogP contribution < -0.4 is 10.1 Å². The van der Waals surface area contributed by atoms with Crippen LogP contribution in [0.5, 0.6) is 5.75 Å². The minimum absolute atomic E-state index is 0.00200. The molecular formula is C25H33BrN2O3. The molecule has 0 aromatic heterocycles. The summed E-state index contributed by atoms with van der Waals surface area (Å²) in [6.45, 7) is 10.1. The molecule has 1 atom stereocenters. The second-order valence-corrected chi connectivity index (χ2v) is 8.86. The van der Waals surface area contributed by atoms with Crippen molar-refractivity contribution in [3.8, 4) is 5.75 Å². The van der Waals surface area contributed by atoms with Gasteiger partial charge in [-0.2, -0.15) is 0 Å². The van der Waals surface area contributed by atoms with Crippen LogP contribution in [0, 0.1) is 6.92 Å². The molecule has 0 spiro atoms. The number of aryl methyl sites for hydroxylation is 2. The van der Waals surface area contributed by atoms with Crippen LogP contribution in [-0.2, 0) is 22.6 Å². The first-order chi connectivity index (χ1) is 14.7. The summed E-state index contributed by atoms with van der Waals surface area (Å²) in [5.41, 5.74) is 3.31. The Labute approximate surface area is 194 Å². The number of amides is 2. The average molecular weight is 489 g/mol. The van der Waals surface area contributed by atoms with Crippen LogP contribution in [0.3, 0.4) is 0 Å². The van der Waals surface area contributed by atoms with E-state index in [1.807, 2.05) is 70.2 Å². The Morgan fingerprint density at radius 3 is 2.26 bits per heavy atom. The Kier molecular flexibility index (Phi) is 9.56. The van der Waals surface area contributed by atoms with Crippen LogP contribution >= 0.6 is 15.9 Å². The van der Waals surface area contributed by atoms with E-state index in [0.29, 0.717) is 18.7 Å². The van der Waals surface area contributed by atoms with Gasteiger partial charge in [-0.05, 0) is 72.8 Å². The molecule has 31 heavy (non-hydrogen) atoms. The van der Waals surface area contributed by atoms with E-state index in [0.717, 1.165) is 22.0 Å². The molecule has 6 heteroatoms. The molecule has 0 unspecified atom stereocenters. The van der Waals surface area contributed by atoms with Crippen LogP contribution in [0.4, 0.5) is 0 Å². The zero-order chi connectivity index (χ0) is 23.0. The van der Waals surface area contributed by atoms with Gasteiger partial charge in [0.25, 0.3) is 5.91 Å². The summed E-state index contributed by atoms with van der Waals surface area (Å²) >= 11 is 3.51. The summed E-state index contributed by atoms with van der Waals surface area (Å²) in [5.74, 6) is 0.241. The highest BCUT2D eigenvalue weighted by atomic mass is 79.9. The maximum absolute atomic E-state index is 13.2. The maximum Gasteiger partial charge on any atom is 0.261 e. The Hall–Kier alpha value is -2.34. The minimum atomic E-state index is -0.564. The second kappa shape index (κ2) is 11.9. The zero-order valence-corrected chi connectivity index (χ0v) is 20.7. The number of hydrogen-bond donors (Lipinski definition) is 1. The van der Waals surface area contributed by atoms with Gasteiger partial charge in [0, 0.05) is 12.6 Å². The molecule has 5 nitrogen and oxygen atoms in total. The predicted octanol–water partition coefficient (Wildman–Crippen LogP) is 5.03. The largest absolute Gasteiger partial charge is 0.483 e. The monoisotopic (exact) mass is 488 g/mol. The molecule has 0 bridgehead atoms. The van der Waals surface area contributed by atoms with Crippen molar-refractivity contribution < 1.29 is 14.3 Å². The fourth-order valence-corrected chi connectivity index (χ4v) is 3.83. The topological polar surface area (TPSA) is 58.6 Å². The number of benzene rings is 2. The van der Waals surface area contributed by atoms with Crippen LogP contribution in [0.25, 0.3) is 0 Å². The van der Waals surface area contributed by atoms with Crippen molar-refractivity contribution in [1.29, 1.82) is 0 Å². The van der Waals surface area contributed by atoms with Crippen molar-refractivity contribution in [3.05, 3.63) is 63.6 Å². The molecule has 2 rings (SSSR count). The van der Waals surface area contributed by atoms with Gasteiger partial charge < -0.3 is 15.0 Å². The summed E-state index contributed by atoms with van der Waals surface area (Å²) in [5, 5.41) is 2.94.